The molecule has 1 heterocycles. The highest BCUT2D eigenvalue weighted by Crippen LogP contribution is 2.39. The van der Waals surface area contributed by atoms with E-state index >= 15 is 0 Å². The molecule has 1 fully saturated rings. The lowest BCUT2D eigenvalue weighted by molar-refractivity contribution is -0.384. The van der Waals surface area contributed by atoms with Crippen LogP contribution in [0.1, 0.15) is 46.5 Å². The van der Waals surface area contributed by atoms with Gasteiger partial charge in [0.1, 0.15) is 6.20 Å². The maximum absolute atomic E-state index is 11.4. The summed E-state index contributed by atoms with van der Waals surface area (Å²) in [6.07, 6.45) is 4.60. The maximum Gasteiger partial charge on any atom is 0.329 e. The molecule has 1 aliphatic carbocycles. The van der Waals surface area contributed by atoms with Gasteiger partial charge < -0.3 is 9.74 Å². The minimum Gasteiger partial charge on any atom is -0.404 e. The smallest absolute Gasteiger partial charge is 0.329 e. The van der Waals surface area contributed by atoms with Crippen LogP contribution in [0.3, 0.4) is 0 Å². The van der Waals surface area contributed by atoms with E-state index in [0.29, 0.717) is 0 Å². The largest absolute Gasteiger partial charge is 0.404 e. The number of rotatable bonds is 7. The molecular weight excluding hydrogens is 480 g/mol. The quantitative estimate of drug-likeness (QED) is 0.200. The molecule has 9 heteroatoms. The van der Waals surface area contributed by atoms with Gasteiger partial charge >= 0.3 is 5.69 Å². The normalized spacial score (nSPS) is 18.7. The van der Waals surface area contributed by atoms with Crippen LogP contribution >= 0.6 is 11.6 Å². The summed E-state index contributed by atoms with van der Waals surface area (Å²) < 4.78 is 7.25. The van der Waals surface area contributed by atoms with E-state index in [4.69, 9.17) is 16.0 Å². The summed E-state index contributed by atoms with van der Waals surface area (Å²) in [5.74, 6) is 0.173. The zero-order valence-electron chi connectivity index (χ0n) is 20.3. The van der Waals surface area contributed by atoms with Gasteiger partial charge in [0, 0.05) is 12.1 Å². The molecule has 0 atom stereocenters. The molecule has 3 aromatic rings. The summed E-state index contributed by atoms with van der Waals surface area (Å²) in [5.41, 5.74) is -0.167. The van der Waals surface area contributed by atoms with Gasteiger partial charge in [-0.25, -0.2) is 4.98 Å². The maximum atomic E-state index is 11.4. The van der Waals surface area contributed by atoms with Crippen molar-refractivity contribution in [3.63, 3.8) is 0 Å². The number of nitrogens with one attached hydrogen (secondary N) is 1. The molecule has 0 radical (unpaired) electrons. The predicted molar refractivity (Wildman–Crippen MR) is 142 cm³/mol. The summed E-state index contributed by atoms with van der Waals surface area (Å²) in [6, 6.07) is 21.3. The summed E-state index contributed by atoms with van der Waals surface area (Å²) in [5, 5.41) is 17.0. The Morgan fingerprint density at radius 3 is 2.03 bits per heavy atom. The van der Waals surface area contributed by atoms with Crippen molar-refractivity contribution in [2.45, 2.75) is 63.6 Å². The molecule has 0 spiro atoms. The Morgan fingerprint density at radius 1 is 1.00 bits per heavy atom. The molecule has 184 valence electrons. The number of nitrogens with zero attached hydrogens (tertiary/aromatic N) is 3. The van der Waals surface area contributed by atoms with Crippen molar-refractivity contribution in [3.05, 3.63) is 82.3 Å². The predicted octanol–water partition coefficient (Wildman–Crippen LogP) is 5.34. The Labute approximate surface area is 212 Å². The fourth-order valence-electron chi connectivity index (χ4n) is 5.05. The van der Waals surface area contributed by atoms with Crippen LogP contribution in [-0.2, 0) is 4.43 Å². The van der Waals surface area contributed by atoms with Crippen LogP contribution in [0, 0.1) is 10.1 Å². The molecular formula is C26H31ClN4O3Si. The lowest BCUT2D eigenvalue weighted by Gasteiger charge is -2.46. The third kappa shape index (κ3) is 5.39. The number of anilines is 1. The zero-order chi connectivity index (χ0) is 25.1. The van der Waals surface area contributed by atoms with Gasteiger partial charge in [-0.1, -0.05) is 81.4 Å². The van der Waals surface area contributed by atoms with Gasteiger partial charge in [0.05, 0.1) is 4.92 Å². The van der Waals surface area contributed by atoms with E-state index in [1.54, 1.807) is 0 Å². The first kappa shape index (κ1) is 25.3. The highest BCUT2D eigenvalue weighted by atomic mass is 35.5. The third-order valence-electron chi connectivity index (χ3n) is 6.71. The second-order valence-corrected chi connectivity index (χ2v) is 14.6. The van der Waals surface area contributed by atoms with E-state index in [1.807, 2.05) is 12.1 Å². The van der Waals surface area contributed by atoms with E-state index in [0.717, 1.165) is 31.9 Å². The van der Waals surface area contributed by atoms with Gasteiger partial charge in [-0.15, -0.1) is 0 Å². The Hall–Kier alpha value is -2.81. The van der Waals surface area contributed by atoms with Crippen molar-refractivity contribution in [2.24, 2.45) is 0 Å². The fraction of sp³-hybridized carbons (Fsp3) is 0.385. The van der Waals surface area contributed by atoms with Gasteiger partial charge in [0.2, 0.25) is 11.1 Å². The molecule has 0 saturated heterocycles. The molecule has 1 saturated carbocycles. The average Bonchev–Trinajstić information content (AvgIpc) is 2.84. The minimum absolute atomic E-state index is 0.0122. The van der Waals surface area contributed by atoms with Crippen LogP contribution < -0.4 is 15.7 Å². The van der Waals surface area contributed by atoms with Crippen LogP contribution in [0.15, 0.2) is 66.9 Å². The first-order chi connectivity index (χ1) is 16.7. The highest BCUT2D eigenvalue weighted by molar-refractivity contribution is 6.99. The Balaban J connectivity index is 1.56. The van der Waals surface area contributed by atoms with E-state index in [-0.39, 0.29) is 34.0 Å². The van der Waals surface area contributed by atoms with Gasteiger partial charge in [0.15, 0.2) is 0 Å². The fourth-order valence-corrected chi connectivity index (χ4v) is 9.94. The van der Waals surface area contributed by atoms with Crippen molar-refractivity contribution < 1.29 is 9.35 Å². The first-order valence-corrected chi connectivity index (χ1v) is 14.2. The number of nitro groups is 1. The van der Waals surface area contributed by atoms with Gasteiger partial charge in [0.25, 0.3) is 8.32 Å². The molecule has 0 amide bonds. The number of hydrogen-bond donors (Lipinski definition) is 1. The lowest BCUT2D eigenvalue weighted by atomic mass is 9.93. The molecule has 7 nitrogen and oxygen atoms in total. The highest BCUT2D eigenvalue weighted by Gasteiger charge is 2.51. The molecule has 0 bridgehead atoms. The Morgan fingerprint density at radius 2 is 1.54 bits per heavy atom. The van der Waals surface area contributed by atoms with Crippen LogP contribution in [-0.4, -0.2) is 35.4 Å². The van der Waals surface area contributed by atoms with Gasteiger partial charge in [-0.2, -0.15) is 4.98 Å². The van der Waals surface area contributed by atoms with Crippen molar-refractivity contribution in [1.29, 1.82) is 0 Å². The summed E-state index contributed by atoms with van der Waals surface area (Å²) in [7, 11) is -2.61. The van der Waals surface area contributed by atoms with Crippen molar-refractivity contribution in [2.75, 3.05) is 5.32 Å². The minimum atomic E-state index is -2.61. The number of halogens is 1. The number of hydrogen-bond acceptors (Lipinski definition) is 6. The summed E-state index contributed by atoms with van der Waals surface area (Å²) in [6.45, 7) is 6.85. The topological polar surface area (TPSA) is 90.2 Å². The van der Waals surface area contributed by atoms with Crippen molar-refractivity contribution in [1.82, 2.24) is 9.97 Å². The van der Waals surface area contributed by atoms with Crippen molar-refractivity contribution in [3.8, 4) is 0 Å². The lowest BCUT2D eigenvalue weighted by Crippen LogP contribution is -2.67. The van der Waals surface area contributed by atoms with Crippen LogP contribution in [0.4, 0.5) is 11.5 Å². The first-order valence-electron chi connectivity index (χ1n) is 11.9. The molecule has 1 aromatic heterocycles. The van der Waals surface area contributed by atoms with Crippen LogP contribution in [0.25, 0.3) is 0 Å². The van der Waals surface area contributed by atoms with E-state index in [1.165, 1.54) is 10.4 Å². The van der Waals surface area contributed by atoms with Crippen LogP contribution in [0.2, 0.25) is 10.3 Å². The van der Waals surface area contributed by atoms with E-state index < -0.39 is 13.2 Å². The Bertz CT molecular complexity index is 1110. The summed E-state index contributed by atoms with van der Waals surface area (Å²) >= 11 is 5.89. The summed E-state index contributed by atoms with van der Waals surface area (Å²) in [4.78, 5) is 18.7. The molecule has 1 aliphatic rings. The van der Waals surface area contributed by atoms with Gasteiger partial charge in [-0.05, 0) is 52.7 Å². The van der Waals surface area contributed by atoms with E-state index in [2.05, 4.69) is 84.6 Å². The molecule has 1 N–H and O–H groups in total. The second-order valence-electron chi connectivity index (χ2n) is 10.0. The molecule has 4 rings (SSSR count). The average molecular weight is 511 g/mol. The molecule has 35 heavy (non-hydrogen) atoms. The number of aromatic nitrogens is 2. The Kier molecular flexibility index (Phi) is 7.54. The monoisotopic (exact) mass is 510 g/mol. The molecule has 2 aromatic carbocycles. The number of benzene rings is 2. The second kappa shape index (κ2) is 10.4. The standard InChI is InChI=1S/C26H31ClN4O3Si/c1-26(2,3)35(21-10-6-4-7-11-21,22-12-8-5-9-13-22)34-20-16-14-19(15-17-20)29-24-23(31(32)33)18-28-25(27)30-24/h4-13,18-20H,14-17H2,1-3H3,(H,28,29,30). The zero-order valence-corrected chi connectivity index (χ0v) is 22.0. The van der Waals surface area contributed by atoms with E-state index in [9.17, 15) is 10.1 Å². The SMILES string of the molecule is CC(C)(C)[Si](OC1CCC(Nc2nc(Cl)ncc2[N+](=O)[O-])CC1)(c1ccccc1)c1ccccc1. The molecule has 0 aliphatic heterocycles. The molecule has 0 unspecified atom stereocenters. The third-order valence-corrected chi connectivity index (χ3v) is 12.0. The van der Waals surface area contributed by atoms with Gasteiger partial charge in [-0.3, -0.25) is 10.1 Å². The van der Waals surface area contributed by atoms with Crippen molar-refractivity contribution >= 4 is 41.8 Å². The van der Waals surface area contributed by atoms with Crippen LogP contribution in [0.5, 0.6) is 0 Å².